The van der Waals surface area contributed by atoms with Crippen molar-refractivity contribution >= 4 is 68.1 Å². The van der Waals surface area contributed by atoms with Crippen molar-refractivity contribution in [2.24, 2.45) is 0 Å². The first-order valence-corrected chi connectivity index (χ1v) is 22.8. The minimum Gasteiger partial charge on any atom is -0.456 e. The monoisotopic (exact) mass is 806 g/mol. The highest BCUT2D eigenvalue weighted by Crippen LogP contribution is 2.58. The van der Waals surface area contributed by atoms with Crippen LogP contribution in [0.3, 0.4) is 0 Å². The number of anilines is 5. The van der Waals surface area contributed by atoms with Crippen molar-refractivity contribution in [2.45, 2.75) is 104 Å². The van der Waals surface area contributed by atoms with Crippen LogP contribution in [-0.4, -0.2) is 6.85 Å². The van der Waals surface area contributed by atoms with E-state index in [1.165, 1.54) is 106 Å². The molecule has 8 aromatic rings. The maximum atomic E-state index is 7.11. The van der Waals surface area contributed by atoms with Gasteiger partial charge in [0, 0.05) is 39.0 Å². The third kappa shape index (κ3) is 5.01. The summed E-state index contributed by atoms with van der Waals surface area (Å²) in [4.78, 5) is 5.36. The predicted molar refractivity (Wildman–Crippen MR) is 264 cm³/mol. The van der Waals surface area contributed by atoms with E-state index in [4.69, 9.17) is 4.42 Å². The molecule has 0 N–H and O–H groups in total. The molecule has 4 aliphatic rings. The quantitative estimate of drug-likeness (QED) is 0.162. The Morgan fingerprint density at radius 3 is 2.03 bits per heavy atom. The van der Waals surface area contributed by atoms with Gasteiger partial charge in [0.25, 0.3) is 0 Å². The summed E-state index contributed by atoms with van der Waals surface area (Å²) >= 11 is 0. The second kappa shape index (κ2) is 12.3. The zero-order valence-electron chi connectivity index (χ0n) is 37.9. The van der Waals surface area contributed by atoms with Gasteiger partial charge in [-0.25, -0.2) is 0 Å². The van der Waals surface area contributed by atoms with Gasteiger partial charge in [-0.05, 0) is 134 Å². The molecule has 0 unspecified atom stereocenters. The fourth-order valence-electron chi connectivity index (χ4n) is 12.0. The number of rotatable bonds is 2. The lowest BCUT2D eigenvalue weighted by molar-refractivity contribution is 0.332. The Morgan fingerprint density at radius 2 is 1.27 bits per heavy atom. The van der Waals surface area contributed by atoms with Gasteiger partial charge in [0.1, 0.15) is 11.2 Å². The van der Waals surface area contributed by atoms with E-state index in [1.807, 2.05) is 0 Å². The fourth-order valence-corrected chi connectivity index (χ4v) is 12.0. The predicted octanol–water partition coefficient (Wildman–Crippen LogP) is 14.6. The van der Waals surface area contributed by atoms with E-state index in [1.54, 1.807) is 0 Å². The van der Waals surface area contributed by atoms with Crippen LogP contribution in [-0.2, 0) is 21.7 Å². The Morgan fingerprint density at radius 1 is 0.565 bits per heavy atom. The van der Waals surface area contributed by atoms with Crippen LogP contribution in [0.4, 0.5) is 28.4 Å². The molecule has 4 heterocycles. The van der Waals surface area contributed by atoms with Gasteiger partial charge in [0.15, 0.2) is 0 Å². The summed E-state index contributed by atoms with van der Waals surface area (Å²) < 4.78 is 7.11. The number of aryl methyl sites for hydroxylation is 1. The molecule has 1 aromatic heterocycles. The Hall–Kier alpha value is -6.00. The molecule has 0 saturated heterocycles. The Kier molecular flexibility index (Phi) is 7.51. The zero-order valence-corrected chi connectivity index (χ0v) is 37.9. The smallest absolute Gasteiger partial charge is 0.333 e. The molecule has 0 saturated carbocycles. The van der Waals surface area contributed by atoms with Crippen LogP contribution < -0.4 is 20.6 Å². The summed E-state index contributed by atoms with van der Waals surface area (Å²) in [6, 6.07) is 49.0. The van der Waals surface area contributed by atoms with Crippen LogP contribution >= 0.6 is 0 Å². The van der Waals surface area contributed by atoms with Crippen molar-refractivity contribution < 1.29 is 4.42 Å². The SMILES string of the molecule is Cc1cc2c3c(c1)N(c1ccc(C(C)(C)C)cc1-c1ccccc1)c1c(ccc4oc5cc6c(cc5c14)C(C)(C)CCC6(C)C)B3N1c3ccccc3C(C)(C)c3cccc-2c31. The van der Waals surface area contributed by atoms with E-state index in [0.29, 0.717) is 0 Å². The maximum absolute atomic E-state index is 7.11. The Labute approximate surface area is 367 Å². The highest BCUT2D eigenvalue weighted by Gasteiger charge is 2.51. The van der Waals surface area contributed by atoms with E-state index < -0.39 is 0 Å². The number of fused-ring (bicyclic) bond motifs is 11. The first-order valence-electron chi connectivity index (χ1n) is 22.8. The van der Waals surface area contributed by atoms with Crippen LogP contribution in [0.2, 0.25) is 0 Å². The van der Waals surface area contributed by atoms with E-state index >= 15 is 0 Å². The third-order valence-corrected chi connectivity index (χ3v) is 15.5. The summed E-state index contributed by atoms with van der Waals surface area (Å²) in [6.45, 7) is 23.7. The molecule has 4 heteroatoms. The minimum absolute atomic E-state index is 0.0278. The molecule has 0 spiro atoms. The standard InChI is InChI=1S/C58H55BN2O/c1-34-29-39-37-19-16-21-42-53(37)61(47-22-15-14-20-41(47)58(42,9)10)59-45-24-26-49-51(40-32-43-44(33-50(40)62-49)57(7,8)28-27-56(43,5)6)54(45)60(48(30-34)52(39)59)46-25-23-36(55(2,3)4)31-38(46)35-17-12-11-13-18-35/h11-26,29-33H,27-28H2,1-10H3. The molecule has 1 aliphatic carbocycles. The molecule has 7 aromatic carbocycles. The van der Waals surface area contributed by atoms with Gasteiger partial charge in [0.05, 0.1) is 16.8 Å². The average molecular weight is 807 g/mol. The highest BCUT2D eigenvalue weighted by atomic mass is 16.3. The van der Waals surface area contributed by atoms with Gasteiger partial charge in [-0.3, -0.25) is 0 Å². The Bertz CT molecular complexity index is 3230. The summed E-state index contributed by atoms with van der Waals surface area (Å²) in [7, 11) is 0. The molecule has 0 amide bonds. The molecule has 0 atom stereocenters. The Balaban J connectivity index is 1.26. The molecule has 3 aliphatic heterocycles. The molecule has 12 rings (SSSR count). The lowest BCUT2D eigenvalue weighted by Gasteiger charge is -2.51. The van der Waals surface area contributed by atoms with Crippen molar-refractivity contribution in [3.05, 3.63) is 161 Å². The first kappa shape index (κ1) is 37.7. The van der Waals surface area contributed by atoms with Crippen molar-refractivity contribution in [1.29, 1.82) is 0 Å². The molecular formula is C58H55BN2O. The largest absolute Gasteiger partial charge is 0.456 e. The van der Waals surface area contributed by atoms with Crippen LogP contribution in [0.15, 0.2) is 132 Å². The van der Waals surface area contributed by atoms with Crippen LogP contribution in [0.25, 0.3) is 44.2 Å². The first-order chi connectivity index (χ1) is 29.5. The van der Waals surface area contributed by atoms with E-state index in [2.05, 4.69) is 206 Å². The molecule has 3 nitrogen and oxygen atoms in total. The minimum atomic E-state index is -0.171. The number of furan rings is 1. The number of nitrogens with zero attached hydrogens (tertiary/aromatic N) is 2. The lowest BCUT2D eigenvalue weighted by Crippen LogP contribution is -2.63. The second-order valence-corrected chi connectivity index (χ2v) is 21.7. The molecule has 0 radical (unpaired) electrons. The van der Waals surface area contributed by atoms with Gasteiger partial charge in [0.2, 0.25) is 0 Å². The summed E-state index contributed by atoms with van der Waals surface area (Å²) in [5, 5.41) is 2.39. The summed E-state index contributed by atoms with van der Waals surface area (Å²) in [5.74, 6) is 0. The number of para-hydroxylation sites is 2. The number of benzene rings is 7. The lowest BCUT2D eigenvalue weighted by atomic mass is 9.42. The molecular weight excluding hydrogens is 751 g/mol. The van der Waals surface area contributed by atoms with Gasteiger partial charge >= 0.3 is 6.85 Å². The zero-order chi connectivity index (χ0) is 42.8. The van der Waals surface area contributed by atoms with E-state index in [0.717, 1.165) is 24.0 Å². The number of hydrogen-bond acceptors (Lipinski definition) is 3. The molecule has 0 bridgehead atoms. The topological polar surface area (TPSA) is 19.6 Å². The molecule has 62 heavy (non-hydrogen) atoms. The maximum Gasteiger partial charge on any atom is 0.333 e. The van der Waals surface area contributed by atoms with E-state index in [-0.39, 0.29) is 28.5 Å². The van der Waals surface area contributed by atoms with Gasteiger partial charge < -0.3 is 14.1 Å². The molecule has 306 valence electrons. The normalized spacial score (nSPS) is 17.4. The van der Waals surface area contributed by atoms with Crippen molar-refractivity contribution in [1.82, 2.24) is 0 Å². The van der Waals surface area contributed by atoms with Crippen molar-refractivity contribution in [3.8, 4) is 22.3 Å². The second-order valence-electron chi connectivity index (χ2n) is 21.7. The van der Waals surface area contributed by atoms with Crippen LogP contribution in [0, 0.1) is 6.92 Å². The van der Waals surface area contributed by atoms with E-state index in [9.17, 15) is 0 Å². The fraction of sp³-hybridized carbons (Fsp3) is 0.276. The van der Waals surface area contributed by atoms with Gasteiger partial charge in [-0.1, -0.05) is 147 Å². The average Bonchev–Trinajstić information content (AvgIpc) is 3.62. The highest BCUT2D eigenvalue weighted by molar-refractivity contribution is 6.94. The van der Waals surface area contributed by atoms with Gasteiger partial charge in [-0.15, -0.1) is 0 Å². The summed E-state index contributed by atoms with van der Waals surface area (Å²) in [6.07, 6.45) is 2.31. The van der Waals surface area contributed by atoms with Crippen molar-refractivity contribution in [2.75, 3.05) is 9.71 Å². The molecule has 0 fully saturated rings. The van der Waals surface area contributed by atoms with Crippen LogP contribution in [0.5, 0.6) is 0 Å². The van der Waals surface area contributed by atoms with Crippen molar-refractivity contribution in [3.63, 3.8) is 0 Å². The third-order valence-electron chi connectivity index (χ3n) is 15.5. The van der Waals surface area contributed by atoms with Gasteiger partial charge in [-0.2, -0.15) is 0 Å². The number of hydrogen-bond donors (Lipinski definition) is 0. The summed E-state index contributed by atoms with van der Waals surface area (Å²) in [5.41, 5.74) is 24.0. The van der Waals surface area contributed by atoms with Crippen LogP contribution in [0.1, 0.15) is 109 Å².